The van der Waals surface area contributed by atoms with Gasteiger partial charge in [0.15, 0.2) is 11.5 Å². The van der Waals surface area contributed by atoms with Gasteiger partial charge in [-0.05, 0) is 30.3 Å². The first-order valence-corrected chi connectivity index (χ1v) is 6.79. The first kappa shape index (κ1) is 11.2. The van der Waals surface area contributed by atoms with E-state index in [0.29, 0.717) is 0 Å². The summed E-state index contributed by atoms with van der Waals surface area (Å²) in [5.41, 5.74) is 2.62. The summed E-state index contributed by atoms with van der Waals surface area (Å²) in [7, 11) is 0. The van der Waals surface area contributed by atoms with Gasteiger partial charge in [0.2, 0.25) is 0 Å². The van der Waals surface area contributed by atoms with E-state index in [2.05, 4.69) is 15.2 Å². The highest BCUT2D eigenvalue weighted by atomic mass is 32.1. The van der Waals surface area contributed by atoms with Crippen molar-refractivity contribution in [3.8, 4) is 22.1 Å². The minimum atomic E-state index is -0.143. The van der Waals surface area contributed by atoms with Gasteiger partial charge in [0, 0.05) is 10.9 Å². The molecule has 4 rings (SSSR count). The van der Waals surface area contributed by atoms with E-state index >= 15 is 0 Å². The third-order valence-corrected chi connectivity index (χ3v) is 4.27. The van der Waals surface area contributed by atoms with Crippen LogP contribution in [-0.4, -0.2) is 25.4 Å². The Morgan fingerprint density at radius 2 is 1.95 bits per heavy atom. The zero-order valence-corrected chi connectivity index (χ0v) is 11.0. The maximum Gasteiger partial charge on any atom is 0.158 e. The quantitative estimate of drug-likeness (QED) is 0.468. The van der Waals surface area contributed by atoms with E-state index in [4.69, 9.17) is 0 Å². The molecule has 0 spiro atoms. The van der Waals surface area contributed by atoms with Gasteiger partial charge in [0.05, 0.1) is 21.9 Å². The Bertz CT molecular complexity index is 942. The normalized spacial score (nSPS) is 11.4. The lowest BCUT2D eigenvalue weighted by Gasteiger charge is -1.99. The zero-order chi connectivity index (χ0) is 13.7. The topological polar surface area (TPSA) is 82.0 Å². The van der Waals surface area contributed by atoms with E-state index in [1.54, 1.807) is 12.3 Å². The Labute approximate surface area is 117 Å². The number of nitrogens with one attached hydrogen (secondary N) is 1. The third kappa shape index (κ3) is 1.55. The number of aromatic nitrogens is 3. The second kappa shape index (κ2) is 3.94. The van der Waals surface area contributed by atoms with Crippen LogP contribution >= 0.6 is 11.3 Å². The van der Waals surface area contributed by atoms with Crippen LogP contribution in [0.2, 0.25) is 0 Å². The zero-order valence-electron chi connectivity index (χ0n) is 10.2. The highest BCUT2D eigenvalue weighted by Gasteiger charge is 2.11. The molecule has 2 heterocycles. The molecular formula is C14H9N3O2S. The maximum atomic E-state index is 9.59. The number of fused-ring (bicyclic) bond motifs is 3. The number of hydrogen-bond acceptors (Lipinski definition) is 5. The number of benzene rings is 2. The Kier molecular flexibility index (Phi) is 2.22. The molecule has 3 N–H and O–H groups in total. The highest BCUT2D eigenvalue weighted by Crippen LogP contribution is 2.36. The molecule has 0 amide bonds. The summed E-state index contributed by atoms with van der Waals surface area (Å²) in [6, 6.07) is 8.68. The summed E-state index contributed by atoms with van der Waals surface area (Å²) in [6.07, 6.45) is 1.76. The fraction of sp³-hybridized carbons (Fsp3) is 0. The molecule has 0 radical (unpaired) electrons. The van der Waals surface area contributed by atoms with Crippen LogP contribution in [0, 0.1) is 0 Å². The number of phenols is 2. The van der Waals surface area contributed by atoms with Gasteiger partial charge in [0.1, 0.15) is 5.01 Å². The number of phenolic OH excluding ortho intramolecular Hbond substituents is 2. The molecule has 0 fully saturated rings. The van der Waals surface area contributed by atoms with Crippen molar-refractivity contribution in [1.29, 1.82) is 0 Å². The Morgan fingerprint density at radius 1 is 1.05 bits per heavy atom. The molecule has 0 atom stereocenters. The maximum absolute atomic E-state index is 9.59. The molecular weight excluding hydrogens is 274 g/mol. The van der Waals surface area contributed by atoms with E-state index in [1.807, 2.05) is 12.1 Å². The van der Waals surface area contributed by atoms with E-state index in [1.165, 1.54) is 23.5 Å². The molecule has 4 aromatic rings. The number of hydrogen-bond donors (Lipinski definition) is 3. The minimum absolute atomic E-state index is 0.132. The largest absolute Gasteiger partial charge is 0.504 e. The monoisotopic (exact) mass is 283 g/mol. The van der Waals surface area contributed by atoms with Crippen molar-refractivity contribution < 1.29 is 10.2 Å². The molecule has 0 aliphatic heterocycles. The average Bonchev–Trinajstić information content (AvgIpc) is 3.06. The van der Waals surface area contributed by atoms with Crippen molar-refractivity contribution in [3.63, 3.8) is 0 Å². The number of aromatic amines is 1. The SMILES string of the molecule is Oc1ccc(-c2nc3c(ccc4[nH]ncc43)s2)cc1O. The van der Waals surface area contributed by atoms with Crippen LogP contribution in [0.3, 0.4) is 0 Å². The molecule has 5 nitrogen and oxygen atoms in total. The average molecular weight is 283 g/mol. The number of aromatic hydroxyl groups is 2. The second-order valence-corrected chi connectivity index (χ2v) is 5.50. The van der Waals surface area contributed by atoms with Gasteiger partial charge in [-0.2, -0.15) is 5.10 Å². The molecule has 0 saturated heterocycles. The van der Waals surface area contributed by atoms with E-state index in [9.17, 15) is 10.2 Å². The summed E-state index contributed by atoms with van der Waals surface area (Å²) < 4.78 is 1.06. The molecule has 2 aromatic heterocycles. The van der Waals surface area contributed by atoms with Gasteiger partial charge in [-0.1, -0.05) is 0 Å². The van der Waals surface area contributed by atoms with Crippen LogP contribution in [0.1, 0.15) is 0 Å². The van der Waals surface area contributed by atoms with Crippen LogP contribution in [0.4, 0.5) is 0 Å². The molecule has 0 unspecified atom stereocenters. The smallest absolute Gasteiger partial charge is 0.158 e. The van der Waals surface area contributed by atoms with Crippen molar-refractivity contribution in [2.24, 2.45) is 0 Å². The van der Waals surface area contributed by atoms with E-state index in [0.717, 1.165) is 31.7 Å². The van der Waals surface area contributed by atoms with Crippen molar-refractivity contribution in [2.75, 3.05) is 0 Å². The predicted octanol–water partition coefficient (Wildman–Crippen LogP) is 3.25. The molecule has 98 valence electrons. The Balaban J connectivity index is 1.97. The second-order valence-electron chi connectivity index (χ2n) is 4.47. The fourth-order valence-electron chi connectivity index (χ4n) is 2.19. The Morgan fingerprint density at radius 3 is 2.80 bits per heavy atom. The molecule has 2 aromatic carbocycles. The molecule has 0 saturated carbocycles. The van der Waals surface area contributed by atoms with Crippen LogP contribution in [0.5, 0.6) is 11.5 Å². The number of nitrogens with zero attached hydrogens (tertiary/aromatic N) is 2. The van der Waals surface area contributed by atoms with E-state index < -0.39 is 0 Å². The van der Waals surface area contributed by atoms with Crippen molar-refractivity contribution >= 4 is 32.5 Å². The first-order valence-electron chi connectivity index (χ1n) is 5.97. The van der Waals surface area contributed by atoms with Crippen LogP contribution in [-0.2, 0) is 0 Å². The van der Waals surface area contributed by atoms with Crippen LogP contribution in [0.15, 0.2) is 36.5 Å². The molecule has 0 aliphatic carbocycles. The predicted molar refractivity (Wildman–Crippen MR) is 78.0 cm³/mol. The Hall–Kier alpha value is -2.60. The first-order chi connectivity index (χ1) is 9.72. The van der Waals surface area contributed by atoms with Crippen molar-refractivity contribution in [3.05, 3.63) is 36.5 Å². The number of H-pyrrole nitrogens is 1. The van der Waals surface area contributed by atoms with Gasteiger partial charge in [-0.15, -0.1) is 11.3 Å². The van der Waals surface area contributed by atoms with Gasteiger partial charge < -0.3 is 10.2 Å². The van der Waals surface area contributed by atoms with Crippen molar-refractivity contribution in [1.82, 2.24) is 15.2 Å². The van der Waals surface area contributed by atoms with E-state index in [-0.39, 0.29) is 11.5 Å². The van der Waals surface area contributed by atoms with Crippen molar-refractivity contribution in [2.45, 2.75) is 0 Å². The molecule has 0 bridgehead atoms. The fourth-order valence-corrected chi connectivity index (χ4v) is 3.17. The number of thiazole rings is 1. The standard InChI is InChI=1S/C14H9N3O2S/c18-10-3-1-7(5-11(10)19)14-16-13-8-6-15-17-9(8)2-4-12(13)20-14/h1-6,18-19H,(H,15,17). The van der Waals surface area contributed by atoms with Crippen LogP contribution in [0.25, 0.3) is 31.7 Å². The highest BCUT2D eigenvalue weighted by molar-refractivity contribution is 7.21. The molecule has 20 heavy (non-hydrogen) atoms. The summed E-state index contributed by atoms with van der Waals surface area (Å²) in [6.45, 7) is 0. The van der Waals surface area contributed by atoms with Gasteiger partial charge in [0.25, 0.3) is 0 Å². The lowest BCUT2D eigenvalue weighted by Crippen LogP contribution is -1.77. The minimum Gasteiger partial charge on any atom is -0.504 e. The number of rotatable bonds is 1. The lowest BCUT2D eigenvalue weighted by atomic mass is 10.2. The summed E-state index contributed by atoms with van der Waals surface area (Å²) in [4.78, 5) is 4.62. The molecule has 6 heteroatoms. The van der Waals surface area contributed by atoms with Gasteiger partial charge in [-0.3, -0.25) is 5.10 Å². The van der Waals surface area contributed by atoms with Gasteiger partial charge >= 0.3 is 0 Å². The summed E-state index contributed by atoms with van der Waals surface area (Å²) in [5, 5.41) is 27.7. The van der Waals surface area contributed by atoms with Crippen LogP contribution < -0.4 is 0 Å². The molecule has 0 aliphatic rings. The third-order valence-electron chi connectivity index (χ3n) is 3.20. The summed E-state index contributed by atoms with van der Waals surface area (Å²) in [5.74, 6) is -0.276. The lowest BCUT2D eigenvalue weighted by molar-refractivity contribution is 0.404. The van der Waals surface area contributed by atoms with Gasteiger partial charge in [-0.25, -0.2) is 4.98 Å². The summed E-state index contributed by atoms with van der Waals surface area (Å²) >= 11 is 1.54.